The van der Waals surface area contributed by atoms with E-state index in [1.54, 1.807) is 0 Å². The van der Waals surface area contributed by atoms with Crippen LogP contribution >= 0.6 is 0 Å². The van der Waals surface area contributed by atoms with Gasteiger partial charge < -0.3 is 15.6 Å². The van der Waals surface area contributed by atoms with Gasteiger partial charge in [0, 0.05) is 36.0 Å². The van der Waals surface area contributed by atoms with E-state index in [1.807, 2.05) is 75.5 Å². The van der Waals surface area contributed by atoms with Crippen molar-refractivity contribution in [2.24, 2.45) is 0 Å². The van der Waals surface area contributed by atoms with Crippen molar-refractivity contribution in [2.45, 2.75) is 52.1 Å². The molecule has 1 atom stereocenters. The van der Waals surface area contributed by atoms with E-state index in [-0.39, 0.29) is 17.9 Å². The van der Waals surface area contributed by atoms with Gasteiger partial charge in [-0.15, -0.1) is 0 Å². The second kappa shape index (κ2) is 9.41. The molecule has 2 aromatic carbocycles. The Morgan fingerprint density at radius 3 is 2.45 bits per heavy atom. The lowest BCUT2D eigenvalue weighted by molar-refractivity contribution is -0.129. The fourth-order valence-electron chi connectivity index (χ4n) is 3.39. The maximum Gasteiger partial charge on any atom is 0.243 e. The molecule has 0 radical (unpaired) electrons. The van der Waals surface area contributed by atoms with Crippen LogP contribution in [0.4, 0.5) is 0 Å². The molecule has 0 saturated carbocycles. The van der Waals surface area contributed by atoms with Crippen LogP contribution in [0.3, 0.4) is 0 Å². The predicted molar refractivity (Wildman–Crippen MR) is 117 cm³/mol. The normalized spacial score (nSPS) is 12.1. The highest BCUT2D eigenvalue weighted by Gasteiger charge is 2.23. The molecule has 0 saturated heterocycles. The first-order valence-electron chi connectivity index (χ1n) is 10.1. The number of fused-ring (bicyclic) bond motifs is 1. The van der Waals surface area contributed by atoms with Gasteiger partial charge in [0.05, 0.1) is 0 Å². The van der Waals surface area contributed by atoms with Gasteiger partial charge in [-0.2, -0.15) is 0 Å². The summed E-state index contributed by atoms with van der Waals surface area (Å²) in [4.78, 5) is 28.5. The molecule has 1 heterocycles. The maximum atomic E-state index is 12.7. The van der Waals surface area contributed by atoms with Gasteiger partial charge >= 0.3 is 0 Å². The topological polar surface area (TPSA) is 74.0 Å². The third kappa shape index (κ3) is 5.70. The molecule has 0 bridgehead atoms. The Labute approximate surface area is 171 Å². The molecule has 5 heteroatoms. The molecule has 29 heavy (non-hydrogen) atoms. The summed E-state index contributed by atoms with van der Waals surface area (Å²) in [6.45, 7) is 5.87. The number of H-pyrrole nitrogens is 1. The number of benzene rings is 2. The van der Waals surface area contributed by atoms with Crippen molar-refractivity contribution < 1.29 is 9.59 Å². The average Bonchev–Trinajstić information content (AvgIpc) is 3.09. The number of aromatic amines is 1. The highest BCUT2D eigenvalue weighted by Crippen LogP contribution is 2.19. The lowest BCUT2D eigenvalue weighted by atomic mass is 10.0. The van der Waals surface area contributed by atoms with Crippen LogP contribution in [-0.2, 0) is 22.4 Å². The van der Waals surface area contributed by atoms with Gasteiger partial charge in [-0.1, -0.05) is 48.0 Å². The Bertz CT molecular complexity index is 973. The summed E-state index contributed by atoms with van der Waals surface area (Å²) >= 11 is 0. The Morgan fingerprint density at radius 1 is 1.00 bits per heavy atom. The lowest BCUT2D eigenvalue weighted by Gasteiger charge is -2.20. The first-order valence-corrected chi connectivity index (χ1v) is 10.1. The second-order valence-electron chi connectivity index (χ2n) is 7.83. The largest absolute Gasteiger partial charge is 0.361 e. The molecule has 3 N–H and O–H groups in total. The number of para-hydroxylation sites is 1. The van der Waals surface area contributed by atoms with Crippen molar-refractivity contribution in [3.63, 3.8) is 0 Å². The van der Waals surface area contributed by atoms with Gasteiger partial charge in [-0.3, -0.25) is 9.59 Å². The summed E-state index contributed by atoms with van der Waals surface area (Å²) in [6.07, 6.45) is 3.36. The highest BCUT2D eigenvalue weighted by molar-refractivity contribution is 5.89. The van der Waals surface area contributed by atoms with Crippen molar-refractivity contribution in [3.05, 3.63) is 71.4 Å². The van der Waals surface area contributed by atoms with Gasteiger partial charge in [0.2, 0.25) is 11.8 Å². The van der Waals surface area contributed by atoms with Crippen LogP contribution in [0.5, 0.6) is 0 Å². The van der Waals surface area contributed by atoms with Crippen LogP contribution in [0.2, 0.25) is 0 Å². The van der Waals surface area contributed by atoms with Crippen molar-refractivity contribution in [3.8, 4) is 0 Å². The highest BCUT2D eigenvalue weighted by atomic mass is 16.2. The van der Waals surface area contributed by atoms with E-state index < -0.39 is 6.04 Å². The summed E-state index contributed by atoms with van der Waals surface area (Å²) in [7, 11) is 0. The summed E-state index contributed by atoms with van der Waals surface area (Å²) in [5.74, 6) is -0.275. The average molecular weight is 392 g/mol. The molecule has 1 aromatic heterocycles. The molecule has 3 aromatic rings. The van der Waals surface area contributed by atoms with Gasteiger partial charge in [0.1, 0.15) is 6.04 Å². The Hall–Kier alpha value is -3.08. The molecular formula is C24H29N3O2. The van der Waals surface area contributed by atoms with Crippen LogP contribution in [-0.4, -0.2) is 28.9 Å². The molecule has 0 fully saturated rings. The molecule has 3 rings (SSSR count). The summed E-state index contributed by atoms with van der Waals surface area (Å²) in [5.41, 5.74) is 4.35. The first-order chi connectivity index (χ1) is 13.9. The fraction of sp³-hybridized carbons (Fsp3) is 0.333. The second-order valence-corrected chi connectivity index (χ2v) is 7.83. The number of nitrogens with one attached hydrogen (secondary N) is 3. The Balaban J connectivity index is 1.68. The molecule has 0 spiro atoms. The Morgan fingerprint density at radius 2 is 1.72 bits per heavy atom. The Kier molecular flexibility index (Phi) is 6.70. The van der Waals surface area contributed by atoms with Crippen molar-refractivity contribution in [2.75, 3.05) is 0 Å². The molecule has 2 amide bonds. The molecular weight excluding hydrogens is 362 g/mol. The van der Waals surface area contributed by atoms with Crippen molar-refractivity contribution in [1.82, 2.24) is 15.6 Å². The zero-order chi connectivity index (χ0) is 20.8. The van der Waals surface area contributed by atoms with Crippen LogP contribution in [0.1, 0.15) is 37.0 Å². The zero-order valence-corrected chi connectivity index (χ0v) is 17.3. The van der Waals surface area contributed by atoms with E-state index in [2.05, 4.69) is 15.6 Å². The number of hydrogen-bond donors (Lipinski definition) is 3. The van der Waals surface area contributed by atoms with Crippen LogP contribution < -0.4 is 10.6 Å². The number of rotatable bonds is 8. The minimum atomic E-state index is -0.609. The third-order valence-corrected chi connectivity index (χ3v) is 4.94. The third-order valence-electron chi connectivity index (χ3n) is 4.94. The monoisotopic (exact) mass is 391 g/mol. The quantitative estimate of drug-likeness (QED) is 0.548. The van der Waals surface area contributed by atoms with Gasteiger partial charge in [0.15, 0.2) is 0 Å². The standard InChI is InChI=1S/C24H29N3O2/c1-16(2)26-24(29)22(14-19-15-25-21-7-5-4-6-20(19)21)27-23(28)13-12-18-10-8-17(3)9-11-18/h4-11,15-16,22,25H,12-14H2,1-3H3,(H,26,29)(H,27,28)/t22-/m0/s1. The van der Waals surface area contributed by atoms with E-state index in [1.165, 1.54) is 5.56 Å². The fourth-order valence-corrected chi connectivity index (χ4v) is 3.39. The summed E-state index contributed by atoms with van der Waals surface area (Å²) in [6, 6.07) is 15.5. The number of aryl methyl sites for hydroxylation is 2. The molecule has 0 aliphatic rings. The van der Waals surface area contributed by atoms with E-state index >= 15 is 0 Å². The lowest BCUT2D eigenvalue weighted by Crippen LogP contribution is -2.49. The SMILES string of the molecule is Cc1ccc(CCC(=O)N[C@@H](Cc2c[nH]c3ccccc23)C(=O)NC(C)C)cc1. The zero-order valence-electron chi connectivity index (χ0n) is 17.3. The number of hydrogen-bond acceptors (Lipinski definition) is 2. The summed E-state index contributed by atoms with van der Waals surface area (Å²) in [5, 5.41) is 6.94. The molecule has 0 aliphatic carbocycles. The maximum absolute atomic E-state index is 12.7. The summed E-state index contributed by atoms with van der Waals surface area (Å²) < 4.78 is 0. The number of aromatic nitrogens is 1. The van der Waals surface area contributed by atoms with Gasteiger partial charge in [-0.25, -0.2) is 0 Å². The minimum absolute atomic E-state index is 0.0115. The van der Waals surface area contributed by atoms with E-state index in [9.17, 15) is 9.59 Å². The molecule has 152 valence electrons. The van der Waals surface area contributed by atoms with E-state index in [4.69, 9.17) is 0 Å². The predicted octanol–water partition coefficient (Wildman–Crippen LogP) is 3.66. The number of carbonyl (C=O) groups is 2. The van der Waals surface area contributed by atoms with E-state index in [0.717, 1.165) is 22.0 Å². The van der Waals surface area contributed by atoms with Gasteiger partial charge in [-0.05, 0) is 44.4 Å². The van der Waals surface area contributed by atoms with E-state index in [0.29, 0.717) is 19.3 Å². The van der Waals surface area contributed by atoms with Crippen LogP contribution in [0.15, 0.2) is 54.7 Å². The number of amides is 2. The van der Waals surface area contributed by atoms with Gasteiger partial charge in [0.25, 0.3) is 0 Å². The molecule has 5 nitrogen and oxygen atoms in total. The first kappa shape index (κ1) is 20.6. The molecule has 0 aliphatic heterocycles. The van der Waals surface area contributed by atoms with Crippen molar-refractivity contribution >= 4 is 22.7 Å². The van der Waals surface area contributed by atoms with Crippen molar-refractivity contribution in [1.29, 1.82) is 0 Å². The van der Waals surface area contributed by atoms with Crippen LogP contribution in [0, 0.1) is 6.92 Å². The number of carbonyl (C=O) groups excluding carboxylic acids is 2. The van der Waals surface area contributed by atoms with Crippen LogP contribution in [0.25, 0.3) is 10.9 Å². The minimum Gasteiger partial charge on any atom is -0.361 e. The molecule has 0 unspecified atom stereocenters. The smallest absolute Gasteiger partial charge is 0.243 e.